The van der Waals surface area contributed by atoms with Gasteiger partial charge in [0, 0.05) is 5.41 Å². The van der Waals surface area contributed by atoms with Crippen LogP contribution in [0.3, 0.4) is 0 Å². The molecule has 13 heavy (non-hydrogen) atoms. The van der Waals surface area contributed by atoms with Crippen LogP contribution in [-0.2, 0) is 9.59 Å². The van der Waals surface area contributed by atoms with Crippen LogP contribution in [0, 0.1) is 5.41 Å². The van der Waals surface area contributed by atoms with Crippen molar-refractivity contribution in [3.8, 4) is 0 Å². The van der Waals surface area contributed by atoms with E-state index in [0.29, 0.717) is 0 Å². The molecule has 0 saturated heterocycles. The van der Waals surface area contributed by atoms with Crippen molar-refractivity contribution >= 4 is 12.2 Å². The Morgan fingerprint density at radius 2 is 1.54 bits per heavy atom. The summed E-state index contributed by atoms with van der Waals surface area (Å²) >= 11 is 0. The fraction of sp³-hybridized carbons (Fsp3) is 0.778. The standard InChI is InChI=1S/C9H14N2O2/c1-4-9(3,5-2)8(10-6-12)11-7-13/h8H,4-5H2,1-3H3. The number of hydrogen-bond acceptors (Lipinski definition) is 4. The van der Waals surface area contributed by atoms with E-state index in [1.165, 1.54) is 12.2 Å². The highest BCUT2D eigenvalue weighted by atomic mass is 16.1. The summed E-state index contributed by atoms with van der Waals surface area (Å²) < 4.78 is 0. The molecule has 0 aliphatic heterocycles. The molecule has 4 heteroatoms. The number of carbonyl (C=O) groups excluding carboxylic acids is 2. The molecule has 0 aliphatic carbocycles. The Morgan fingerprint density at radius 1 is 1.15 bits per heavy atom. The van der Waals surface area contributed by atoms with Crippen LogP contribution in [-0.4, -0.2) is 18.3 Å². The molecule has 0 aromatic carbocycles. The average molecular weight is 182 g/mol. The van der Waals surface area contributed by atoms with Crippen LogP contribution < -0.4 is 0 Å². The molecule has 0 unspecified atom stereocenters. The van der Waals surface area contributed by atoms with Crippen molar-refractivity contribution in [2.75, 3.05) is 0 Å². The second-order valence-corrected chi connectivity index (χ2v) is 3.18. The first-order valence-electron chi connectivity index (χ1n) is 4.28. The normalized spacial score (nSPS) is 12.5. The fourth-order valence-corrected chi connectivity index (χ4v) is 1.06. The molecule has 0 aliphatic rings. The molecule has 0 N–H and O–H groups in total. The van der Waals surface area contributed by atoms with E-state index >= 15 is 0 Å². The van der Waals surface area contributed by atoms with E-state index < -0.39 is 6.17 Å². The van der Waals surface area contributed by atoms with E-state index in [2.05, 4.69) is 9.98 Å². The van der Waals surface area contributed by atoms with Gasteiger partial charge in [-0.25, -0.2) is 9.59 Å². The highest BCUT2D eigenvalue weighted by molar-refractivity contribution is 5.37. The zero-order valence-corrected chi connectivity index (χ0v) is 8.20. The van der Waals surface area contributed by atoms with Gasteiger partial charge in [-0.3, -0.25) is 0 Å². The topological polar surface area (TPSA) is 58.9 Å². The van der Waals surface area contributed by atoms with Crippen LogP contribution in [0.5, 0.6) is 0 Å². The summed E-state index contributed by atoms with van der Waals surface area (Å²) in [6, 6.07) is 0. The minimum Gasteiger partial charge on any atom is -0.211 e. The molecule has 0 bridgehead atoms. The van der Waals surface area contributed by atoms with Gasteiger partial charge < -0.3 is 0 Å². The molecule has 0 amide bonds. The summed E-state index contributed by atoms with van der Waals surface area (Å²) in [7, 11) is 0. The van der Waals surface area contributed by atoms with Crippen molar-refractivity contribution in [2.24, 2.45) is 15.4 Å². The lowest BCUT2D eigenvalue weighted by Crippen LogP contribution is -2.28. The molecule has 72 valence electrons. The second kappa shape index (κ2) is 5.41. The maximum absolute atomic E-state index is 10.1. The second-order valence-electron chi connectivity index (χ2n) is 3.18. The molecule has 0 spiro atoms. The highest BCUT2D eigenvalue weighted by Gasteiger charge is 2.30. The first-order valence-corrected chi connectivity index (χ1v) is 4.28. The molecule has 0 saturated carbocycles. The Labute approximate surface area is 77.8 Å². The highest BCUT2D eigenvalue weighted by Crippen LogP contribution is 2.32. The lowest BCUT2D eigenvalue weighted by Gasteiger charge is -2.28. The summed E-state index contributed by atoms with van der Waals surface area (Å²) in [6.07, 6.45) is 3.81. The van der Waals surface area contributed by atoms with E-state index in [1.807, 2.05) is 20.8 Å². The molecule has 4 nitrogen and oxygen atoms in total. The van der Waals surface area contributed by atoms with Gasteiger partial charge in [-0.05, 0) is 12.8 Å². The van der Waals surface area contributed by atoms with Gasteiger partial charge in [0.1, 0.15) is 0 Å². The average Bonchev–Trinajstić information content (AvgIpc) is 2.16. The van der Waals surface area contributed by atoms with E-state index in [4.69, 9.17) is 0 Å². The first-order chi connectivity index (χ1) is 6.14. The van der Waals surface area contributed by atoms with Crippen molar-refractivity contribution < 1.29 is 9.59 Å². The molecule has 0 fully saturated rings. The Kier molecular flexibility index (Phi) is 4.90. The number of hydrogen-bond donors (Lipinski definition) is 0. The third-order valence-electron chi connectivity index (χ3n) is 2.59. The molecule has 0 rings (SSSR count). The van der Waals surface area contributed by atoms with Crippen molar-refractivity contribution in [2.45, 2.75) is 39.8 Å². The van der Waals surface area contributed by atoms with E-state index in [-0.39, 0.29) is 5.41 Å². The Balaban J connectivity index is 4.88. The predicted octanol–water partition coefficient (Wildman–Crippen LogP) is 1.81. The zero-order valence-electron chi connectivity index (χ0n) is 8.20. The van der Waals surface area contributed by atoms with Crippen LogP contribution in [0.1, 0.15) is 33.6 Å². The molecular weight excluding hydrogens is 168 g/mol. The largest absolute Gasteiger partial charge is 0.237 e. The monoisotopic (exact) mass is 182 g/mol. The molecule has 0 aromatic rings. The summed E-state index contributed by atoms with van der Waals surface area (Å²) in [5.74, 6) is 0. The van der Waals surface area contributed by atoms with E-state index in [1.54, 1.807) is 0 Å². The number of isocyanates is 2. The van der Waals surface area contributed by atoms with Crippen molar-refractivity contribution in [3.63, 3.8) is 0 Å². The maximum atomic E-state index is 10.1. The quantitative estimate of drug-likeness (QED) is 0.481. The minimum absolute atomic E-state index is 0.255. The van der Waals surface area contributed by atoms with Crippen LogP contribution in [0.4, 0.5) is 0 Å². The van der Waals surface area contributed by atoms with Crippen LogP contribution >= 0.6 is 0 Å². The van der Waals surface area contributed by atoms with Gasteiger partial charge in [0.05, 0.1) is 0 Å². The first kappa shape index (κ1) is 11.8. The smallest absolute Gasteiger partial charge is 0.211 e. The van der Waals surface area contributed by atoms with Crippen molar-refractivity contribution in [1.82, 2.24) is 0 Å². The molecule has 0 radical (unpaired) electrons. The number of nitrogens with zero attached hydrogens (tertiary/aromatic N) is 2. The van der Waals surface area contributed by atoms with Gasteiger partial charge in [-0.1, -0.05) is 20.8 Å². The van der Waals surface area contributed by atoms with Crippen molar-refractivity contribution in [3.05, 3.63) is 0 Å². The van der Waals surface area contributed by atoms with Crippen LogP contribution in [0.2, 0.25) is 0 Å². The van der Waals surface area contributed by atoms with Crippen molar-refractivity contribution in [1.29, 1.82) is 0 Å². The van der Waals surface area contributed by atoms with E-state index in [9.17, 15) is 9.59 Å². The number of rotatable bonds is 5. The molecular formula is C9H14N2O2. The van der Waals surface area contributed by atoms with Crippen LogP contribution in [0.25, 0.3) is 0 Å². The van der Waals surface area contributed by atoms with Crippen LogP contribution in [0.15, 0.2) is 9.98 Å². The lowest BCUT2D eigenvalue weighted by atomic mass is 9.82. The third kappa shape index (κ3) is 2.94. The molecule has 0 atom stereocenters. The summed E-state index contributed by atoms with van der Waals surface area (Å²) in [5, 5.41) is 0. The lowest BCUT2D eigenvalue weighted by molar-refractivity contribution is 0.239. The Hall–Kier alpha value is -1.24. The SMILES string of the molecule is CCC(C)(CC)C(N=C=O)N=C=O. The number of aliphatic imine (C=N–C) groups is 2. The van der Waals surface area contributed by atoms with Gasteiger partial charge in [-0.2, -0.15) is 9.98 Å². The zero-order chi connectivity index (χ0) is 10.3. The predicted molar refractivity (Wildman–Crippen MR) is 48.7 cm³/mol. The minimum atomic E-state index is -0.641. The van der Waals surface area contributed by atoms with Gasteiger partial charge in [0.15, 0.2) is 6.17 Å². The van der Waals surface area contributed by atoms with Gasteiger partial charge in [0.2, 0.25) is 12.2 Å². The van der Waals surface area contributed by atoms with Gasteiger partial charge in [-0.15, -0.1) is 0 Å². The summed E-state index contributed by atoms with van der Waals surface area (Å²) in [4.78, 5) is 27.2. The fourth-order valence-electron chi connectivity index (χ4n) is 1.06. The third-order valence-corrected chi connectivity index (χ3v) is 2.59. The van der Waals surface area contributed by atoms with Gasteiger partial charge >= 0.3 is 0 Å². The maximum Gasteiger partial charge on any atom is 0.237 e. The molecule has 0 heterocycles. The molecule has 0 aromatic heterocycles. The summed E-state index contributed by atoms with van der Waals surface area (Å²) in [5.41, 5.74) is -0.255. The Bertz CT molecular complexity index is 228. The summed E-state index contributed by atoms with van der Waals surface area (Å²) in [6.45, 7) is 5.87. The Morgan fingerprint density at radius 3 is 1.77 bits per heavy atom. The van der Waals surface area contributed by atoms with Gasteiger partial charge in [0.25, 0.3) is 0 Å². The van der Waals surface area contributed by atoms with E-state index in [0.717, 1.165) is 12.8 Å².